The van der Waals surface area contributed by atoms with Crippen molar-refractivity contribution in [2.45, 2.75) is 21.7 Å². The van der Waals surface area contributed by atoms with Crippen LogP contribution in [0.5, 0.6) is 0 Å². The van der Waals surface area contributed by atoms with Crippen molar-refractivity contribution in [3.63, 3.8) is 0 Å². The van der Waals surface area contributed by atoms with Crippen molar-refractivity contribution in [2.24, 2.45) is 5.14 Å². The summed E-state index contributed by atoms with van der Waals surface area (Å²) in [5.74, 6) is -0.155. The Morgan fingerprint density at radius 3 is 2.29 bits per heavy atom. The molecule has 144 valence electrons. The molecule has 1 aromatic heterocycles. The minimum atomic E-state index is -3.73. The minimum absolute atomic E-state index is 0.0375. The van der Waals surface area contributed by atoms with Crippen LogP contribution in [0.25, 0.3) is 0 Å². The zero-order valence-corrected chi connectivity index (χ0v) is 16.5. The van der Waals surface area contributed by atoms with Gasteiger partial charge in [0.25, 0.3) is 0 Å². The Hall–Kier alpha value is -2.68. The maximum Gasteiger partial charge on any atom is 0.238 e. The molecule has 6 nitrogen and oxygen atoms in total. The van der Waals surface area contributed by atoms with E-state index in [1.54, 1.807) is 18.3 Å². The third-order valence-corrected chi connectivity index (χ3v) is 6.07. The van der Waals surface area contributed by atoms with E-state index in [9.17, 15) is 13.2 Å². The van der Waals surface area contributed by atoms with Crippen molar-refractivity contribution in [1.29, 1.82) is 0 Å². The highest BCUT2D eigenvalue weighted by Gasteiger charge is 2.22. The number of benzene rings is 2. The van der Waals surface area contributed by atoms with Gasteiger partial charge in [-0.25, -0.2) is 18.5 Å². The standard InChI is InChI=1S/C20H19N3O3S2/c21-28(25,26)17-11-9-15(10-12-17)14-23-20(24)19(16-6-2-1-3-7-16)27-18-8-4-5-13-22-18/h1-13,19H,14H2,(H,23,24)(H2,21,25,26)/t19-/m0/s1. The molecule has 0 spiro atoms. The third-order valence-electron chi connectivity index (χ3n) is 3.94. The lowest BCUT2D eigenvalue weighted by Gasteiger charge is -2.16. The van der Waals surface area contributed by atoms with Crippen molar-refractivity contribution in [3.05, 3.63) is 90.1 Å². The monoisotopic (exact) mass is 413 g/mol. The number of nitrogens with zero attached hydrogens (tertiary/aromatic N) is 1. The number of sulfonamides is 1. The van der Waals surface area contributed by atoms with Crippen LogP contribution in [0.2, 0.25) is 0 Å². The van der Waals surface area contributed by atoms with Gasteiger partial charge in [0, 0.05) is 12.7 Å². The third kappa shape index (κ3) is 5.41. The van der Waals surface area contributed by atoms with Crippen LogP contribution in [0.3, 0.4) is 0 Å². The molecule has 3 N–H and O–H groups in total. The first-order valence-corrected chi connectivity index (χ1v) is 10.9. The van der Waals surface area contributed by atoms with Gasteiger partial charge in [0.1, 0.15) is 5.25 Å². The Morgan fingerprint density at radius 2 is 1.68 bits per heavy atom. The number of hydrogen-bond donors (Lipinski definition) is 2. The van der Waals surface area contributed by atoms with Crippen molar-refractivity contribution in [3.8, 4) is 0 Å². The molecule has 0 saturated heterocycles. The zero-order valence-electron chi connectivity index (χ0n) is 14.9. The van der Waals surface area contributed by atoms with Gasteiger partial charge >= 0.3 is 0 Å². The molecule has 0 aliphatic rings. The van der Waals surface area contributed by atoms with Crippen molar-refractivity contribution in [2.75, 3.05) is 0 Å². The van der Waals surface area contributed by atoms with E-state index in [1.807, 2.05) is 48.5 Å². The number of primary sulfonamides is 1. The molecule has 0 saturated carbocycles. The van der Waals surface area contributed by atoms with Gasteiger partial charge in [-0.2, -0.15) is 0 Å². The summed E-state index contributed by atoms with van der Waals surface area (Å²) < 4.78 is 22.7. The molecule has 0 unspecified atom stereocenters. The fraction of sp³-hybridized carbons (Fsp3) is 0.100. The van der Waals surface area contributed by atoms with E-state index >= 15 is 0 Å². The lowest BCUT2D eigenvalue weighted by atomic mass is 10.1. The number of pyridine rings is 1. The number of aromatic nitrogens is 1. The summed E-state index contributed by atoms with van der Waals surface area (Å²) in [6, 6.07) is 21.2. The summed E-state index contributed by atoms with van der Waals surface area (Å²) in [5.41, 5.74) is 1.65. The predicted molar refractivity (Wildman–Crippen MR) is 109 cm³/mol. The van der Waals surface area contributed by atoms with Gasteiger partial charge in [-0.15, -0.1) is 0 Å². The minimum Gasteiger partial charge on any atom is -0.351 e. The Balaban J connectivity index is 1.72. The van der Waals surface area contributed by atoms with E-state index in [2.05, 4.69) is 10.3 Å². The molecule has 0 fully saturated rings. The second-order valence-corrected chi connectivity index (χ2v) is 8.67. The number of rotatable bonds is 7. The van der Waals surface area contributed by atoms with Crippen LogP contribution in [-0.2, 0) is 21.4 Å². The Bertz CT molecular complexity index is 1030. The van der Waals surface area contributed by atoms with Crippen LogP contribution < -0.4 is 10.5 Å². The summed E-state index contributed by atoms with van der Waals surface area (Å²) in [5, 5.41) is 8.30. The average Bonchev–Trinajstić information content (AvgIpc) is 2.71. The molecule has 1 heterocycles. The molecule has 8 heteroatoms. The first kappa shape index (κ1) is 20.1. The molecule has 2 aromatic carbocycles. The zero-order chi connectivity index (χ0) is 20.0. The van der Waals surface area contributed by atoms with Crippen LogP contribution in [0.1, 0.15) is 16.4 Å². The van der Waals surface area contributed by atoms with E-state index in [0.717, 1.165) is 16.2 Å². The highest BCUT2D eigenvalue weighted by molar-refractivity contribution is 8.00. The number of carbonyl (C=O) groups excluding carboxylic acids is 1. The maximum atomic E-state index is 12.9. The number of thioether (sulfide) groups is 1. The molecular weight excluding hydrogens is 394 g/mol. The van der Waals surface area contributed by atoms with Gasteiger partial charge in [-0.1, -0.05) is 60.3 Å². The topological polar surface area (TPSA) is 102 Å². The second kappa shape index (κ2) is 9.01. The number of carbonyl (C=O) groups is 1. The van der Waals surface area contributed by atoms with Gasteiger partial charge < -0.3 is 5.32 Å². The summed E-state index contributed by atoms with van der Waals surface area (Å²) in [6.07, 6.45) is 1.69. The number of nitrogens with two attached hydrogens (primary N) is 1. The van der Waals surface area contributed by atoms with Crippen LogP contribution in [0.15, 0.2) is 88.9 Å². The first-order valence-electron chi connectivity index (χ1n) is 8.45. The number of hydrogen-bond acceptors (Lipinski definition) is 5. The SMILES string of the molecule is NS(=O)(=O)c1ccc(CNC(=O)[C@@H](Sc2ccccn2)c2ccccc2)cc1. The molecule has 0 radical (unpaired) electrons. The summed E-state index contributed by atoms with van der Waals surface area (Å²) in [6.45, 7) is 0.274. The van der Waals surface area contributed by atoms with Crippen LogP contribution in [0.4, 0.5) is 0 Å². The summed E-state index contributed by atoms with van der Waals surface area (Å²) in [4.78, 5) is 17.2. The van der Waals surface area contributed by atoms with E-state index in [0.29, 0.717) is 0 Å². The van der Waals surface area contributed by atoms with Gasteiger partial charge in [-0.3, -0.25) is 4.79 Å². The summed E-state index contributed by atoms with van der Waals surface area (Å²) in [7, 11) is -3.73. The smallest absolute Gasteiger partial charge is 0.238 e. The lowest BCUT2D eigenvalue weighted by molar-refractivity contribution is -0.120. The molecule has 3 aromatic rings. The van der Waals surface area contributed by atoms with E-state index in [1.165, 1.54) is 23.9 Å². The highest BCUT2D eigenvalue weighted by Crippen LogP contribution is 2.34. The average molecular weight is 414 g/mol. The molecule has 1 amide bonds. The van der Waals surface area contributed by atoms with Crippen molar-refractivity contribution < 1.29 is 13.2 Å². The van der Waals surface area contributed by atoms with E-state index < -0.39 is 15.3 Å². The van der Waals surface area contributed by atoms with Gasteiger partial charge in [0.15, 0.2) is 0 Å². The Kier molecular flexibility index (Phi) is 6.45. The molecule has 1 atom stereocenters. The Labute approximate surface area is 168 Å². The molecular formula is C20H19N3O3S2. The van der Waals surface area contributed by atoms with Crippen LogP contribution in [0, 0.1) is 0 Å². The van der Waals surface area contributed by atoms with Gasteiger partial charge in [0.2, 0.25) is 15.9 Å². The lowest BCUT2D eigenvalue weighted by Crippen LogP contribution is -2.27. The normalized spacial score (nSPS) is 12.3. The van der Waals surface area contributed by atoms with Crippen molar-refractivity contribution >= 4 is 27.7 Å². The molecule has 0 bridgehead atoms. The Morgan fingerprint density at radius 1 is 1.00 bits per heavy atom. The quantitative estimate of drug-likeness (QED) is 0.580. The fourth-order valence-corrected chi connectivity index (χ4v) is 4.04. The van der Waals surface area contributed by atoms with E-state index in [-0.39, 0.29) is 17.3 Å². The predicted octanol–water partition coefficient (Wildman–Crippen LogP) is 2.88. The molecule has 28 heavy (non-hydrogen) atoms. The second-order valence-electron chi connectivity index (χ2n) is 5.98. The number of nitrogens with one attached hydrogen (secondary N) is 1. The van der Waals surface area contributed by atoms with Crippen LogP contribution >= 0.6 is 11.8 Å². The molecule has 3 rings (SSSR count). The van der Waals surface area contributed by atoms with Crippen LogP contribution in [-0.4, -0.2) is 19.3 Å². The largest absolute Gasteiger partial charge is 0.351 e. The fourth-order valence-electron chi connectivity index (χ4n) is 2.52. The van der Waals surface area contributed by atoms with E-state index in [4.69, 9.17) is 5.14 Å². The van der Waals surface area contributed by atoms with Gasteiger partial charge in [0.05, 0.1) is 9.92 Å². The number of amides is 1. The maximum absolute atomic E-state index is 12.9. The highest BCUT2D eigenvalue weighted by atomic mass is 32.2. The van der Waals surface area contributed by atoms with Crippen molar-refractivity contribution in [1.82, 2.24) is 10.3 Å². The first-order chi connectivity index (χ1) is 13.4. The molecule has 0 aliphatic heterocycles. The van der Waals surface area contributed by atoms with Gasteiger partial charge in [-0.05, 0) is 35.4 Å². The molecule has 0 aliphatic carbocycles. The summed E-state index contributed by atoms with van der Waals surface area (Å²) >= 11 is 1.37.